The van der Waals surface area contributed by atoms with Gasteiger partial charge in [0.05, 0.1) is 18.8 Å². The van der Waals surface area contributed by atoms with E-state index in [0.717, 1.165) is 11.4 Å². The van der Waals surface area contributed by atoms with Gasteiger partial charge in [0.15, 0.2) is 0 Å². The molecule has 0 aliphatic heterocycles. The molecule has 1 aromatic carbocycles. The Hall–Kier alpha value is -1.78. The van der Waals surface area contributed by atoms with Gasteiger partial charge in [-0.25, -0.2) is 0 Å². The van der Waals surface area contributed by atoms with E-state index in [2.05, 4.69) is 40.3 Å². The van der Waals surface area contributed by atoms with E-state index in [4.69, 9.17) is 4.74 Å². The van der Waals surface area contributed by atoms with Crippen LogP contribution in [-0.4, -0.2) is 7.11 Å². The molecule has 102 valence electrons. The highest BCUT2D eigenvalue weighted by Crippen LogP contribution is 2.35. The third-order valence-electron chi connectivity index (χ3n) is 3.06. The number of ether oxygens (including phenoxy) is 1. The first kappa shape index (κ1) is 13.2. The number of methoxy groups -OCH3 is 1. The van der Waals surface area contributed by atoms with Crippen LogP contribution in [0.3, 0.4) is 0 Å². The van der Waals surface area contributed by atoms with E-state index in [-0.39, 0.29) is 6.04 Å². The van der Waals surface area contributed by atoms with Crippen LogP contribution in [0.25, 0.3) is 0 Å². The van der Waals surface area contributed by atoms with Crippen LogP contribution in [-0.2, 0) is 0 Å². The smallest absolute Gasteiger partial charge is 0.141 e. The van der Waals surface area contributed by atoms with E-state index in [1.807, 2.05) is 24.3 Å². The summed E-state index contributed by atoms with van der Waals surface area (Å²) in [5.41, 5.74) is 1.02. The normalized spacial score (nSPS) is 10.7. The van der Waals surface area contributed by atoms with Crippen LogP contribution in [0.15, 0.2) is 59.3 Å². The molecule has 3 rings (SSSR count). The predicted molar refractivity (Wildman–Crippen MR) is 87.1 cm³/mol. The number of nitrogens with one attached hydrogen (secondary N) is 1. The molecule has 0 unspecified atom stereocenters. The zero-order valence-corrected chi connectivity index (χ0v) is 12.7. The Morgan fingerprint density at radius 3 is 2.10 bits per heavy atom. The summed E-state index contributed by atoms with van der Waals surface area (Å²) in [5.74, 6) is 0.866. The summed E-state index contributed by atoms with van der Waals surface area (Å²) in [7, 11) is 1.70. The fraction of sp³-hybridized carbons (Fsp3) is 0.125. The monoisotopic (exact) mass is 301 g/mol. The molecule has 0 atom stereocenters. The fourth-order valence-corrected chi connectivity index (χ4v) is 3.77. The van der Waals surface area contributed by atoms with Crippen molar-refractivity contribution < 1.29 is 4.74 Å². The van der Waals surface area contributed by atoms with Crippen LogP contribution in [0.2, 0.25) is 0 Å². The minimum absolute atomic E-state index is 0.172. The van der Waals surface area contributed by atoms with Crippen molar-refractivity contribution in [3.05, 3.63) is 69.0 Å². The number of hydrogen-bond acceptors (Lipinski definition) is 4. The lowest BCUT2D eigenvalue weighted by molar-refractivity contribution is 0.416. The van der Waals surface area contributed by atoms with Gasteiger partial charge < -0.3 is 10.1 Å². The number of benzene rings is 1. The summed E-state index contributed by atoms with van der Waals surface area (Å²) in [5, 5.41) is 7.82. The minimum Gasteiger partial charge on any atom is -0.495 e. The summed E-state index contributed by atoms with van der Waals surface area (Å²) in [6.45, 7) is 0. The second-order valence-corrected chi connectivity index (χ2v) is 6.27. The maximum absolute atomic E-state index is 5.43. The second kappa shape index (κ2) is 6.11. The molecule has 0 saturated carbocycles. The molecule has 0 fully saturated rings. The van der Waals surface area contributed by atoms with Crippen molar-refractivity contribution in [1.29, 1.82) is 0 Å². The van der Waals surface area contributed by atoms with Crippen molar-refractivity contribution in [3.8, 4) is 5.75 Å². The Labute approximate surface area is 126 Å². The van der Waals surface area contributed by atoms with Gasteiger partial charge in [0.1, 0.15) is 5.75 Å². The molecule has 1 N–H and O–H groups in total. The summed E-state index contributed by atoms with van der Waals surface area (Å²) in [6.07, 6.45) is 0. The maximum atomic E-state index is 5.43. The van der Waals surface area contributed by atoms with Crippen LogP contribution in [0.1, 0.15) is 15.8 Å². The lowest BCUT2D eigenvalue weighted by Crippen LogP contribution is -2.10. The minimum atomic E-state index is 0.172. The number of anilines is 1. The topological polar surface area (TPSA) is 21.3 Å². The van der Waals surface area contributed by atoms with E-state index >= 15 is 0 Å². The van der Waals surface area contributed by atoms with E-state index in [1.165, 1.54) is 9.75 Å². The third kappa shape index (κ3) is 2.71. The predicted octanol–water partition coefficient (Wildman–Crippen LogP) is 5.02. The lowest BCUT2D eigenvalue weighted by atomic mass is 10.2. The van der Waals surface area contributed by atoms with Crippen molar-refractivity contribution in [2.75, 3.05) is 12.4 Å². The molecule has 0 amide bonds. The molecule has 3 aromatic rings. The highest BCUT2D eigenvalue weighted by Gasteiger charge is 2.17. The summed E-state index contributed by atoms with van der Waals surface area (Å²) >= 11 is 3.53. The highest BCUT2D eigenvalue weighted by atomic mass is 32.1. The van der Waals surface area contributed by atoms with Crippen molar-refractivity contribution in [2.45, 2.75) is 6.04 Å². The third-order valence-corrected chi connectivity index (χ3v) is 4.94. The Kier molecular flexibility index (Phi) is 4.04. The average molecular weight is 301 g/mol. The Balaban J connectivity index is 1.95. The van der Waals surface area contributed by atoms with Gasteiger partial charge in [-0.2, -0.15) is 0 Å². The van der Waals surface area contributed by atoms with Crippen LogP contribution in [0, 0.1) is 0 Å². The van der Waals surface area contributed by atoms with Gasteiger partial charge in [0, 0.05) is 9.75 Å². The zero-order valence-electron chi connectivity index (χ0n) is 11.1. The first-order valence-electron chi connectivity index (χ1n) is 6.35. The standard InChI is InChI=1S/C16H15NOS2/c1-18-13-7-3-2-6-12(13)17-16(14-8-4-10-19-14)15-9-5-11-20-15/h2-11,16-17H,1H3. The van der Waals surface area contributed by atoms with Crippen LogP contribution in [0.4, 0.5) is 5.69 Å². The maximum Gasteiger partial charge on any atom is 0.141 e. The quantitative estimate of drug-likeness (QED) is 0.714. The van der Waals surface area contributed by atoms with Crippen molar-refractivity contribution >= 4 is 28.4 Å². The van der Waals surface area contributed by atoms with Crippen molar-refractivity contribution in [2.24, 2.45) is 0 Å². The molecule has 2 heterocycles. The first-order chi connectivity index (χ1) is 9.88. The van der Waals surface area contributed by atoms with Crippen molar-refractivity contribution in [1.82, 2.24) is 0 Å². The molecule has 0 spiro atoms. The van der Waals surface area contributed by atoms with Gasteiger partial charge in [-0.1, -0.05) is 24.3 Å². The molecule has 4 heteroatoms. The Morgan fingerprint density at radius 1 is 0.900 bits per heavy atom. The Morgan fingerprint density at radius 2 is 1.55 bits per heavy atom. The molecule has 0 aliphatic rings. The lowest BCUT2D eigenvalue weighted by Gasteiger charge is -2.19. The summed E-state index contributed by atoms with van der Waals surface area (Å²) < 4.78 is 5.43. The van der Waals surface area contributed by atoms with Gasteiger partial charge in [-0.15, -0.1) is 22.7 Å². The van der Waals surface area contributed by atoms with Crippen LogP contribution >= 0.6 is 22.7 Å². The second-order valence-electron chi connectivity index (χ2n) is 4.31. The van der Waals surface area contributed by atoms with Gasteiger partial charge in [-0.3, -0.25) is 0 Å². The molecule has 2 nitrogen and oxygen atoms in total. The molecular weight excluding hydrogens is 286 g/mol. The van der Waals surface area contributed by atoms with Gasteiger partial charge in [0.2, 0.25) is 0 Å². The highest BCUT2D eigenvalue weighted by molar-refractivity contribution is 7.11. The average Bonchev–Trinajstić information content (AvgIpc) is 3.18. The van der Waals surface area contributed by atoms with E-state index in [0.29, 0.717) is 0 Å². The molecular formula is C16H15NOS2. The number of rotatable bonds is 5. The largest absolute Gasteiger partial charge is 0.495 e. The van der Waals surface area contributed by atoms with E-state index < -0.39 is 0 Å². The van der Waals surface area contributed by atoms with Gasteiger partial charge >= 0.3 is 0 Å². The zero-order chi connectivity index (χ0) is 13.8. The molecule has 20 heavy (non-hydrogen) atoms. The van der Waals surface area contributed by atoms with Crippen molar-refractivity contribution in [3.63, 3.8) is 0 Å². The molecule has 2 aromatic heterocycles. The summed E-state index contributed by atoms with van der Waals surface area (Å²) in [6, 6.07) is 16.7. The van der Waals surface area contributed by atoms with Gasteiger partial charge in [0.25, 0.3) is 0 Å². The molecule has 0 saturated heterocycles. The van der Waals surface area contributed by atoms with E-state index in [1.54, 1.807) is 29.8 Å². The molecule has 0 radical (unpaired) electrons. The van der Waals surface area contributed by atoms with Crippen LogP contribution in [0.5, 0.6) is 5.75 Å². The SMILES string of the molecule is COc1ccccc1NC(c1cccs1)c1cccs1. The first-order valence-corrected chi connectivity index (χ1v) is 8.11. The Bertz CT molecular complexity index is 613. The summed E-state index contributed by atoms with van der Waals surface area (Å²) in [4.78, 5) is 2.61. The van der Waals surface area contributed by atoms with Crippen LogP contribution < -0.4 is 10.1 Å². The van der Waals surface area contributed by atoms with E-state index in [9.17, 15) is 0 Å². The molecule has 0 bridgehead atoms. The fourth-order valence-electron chi connectivity index (χ4n) is 2.11. The van der Waals surface area contributed by atoms with Gasteiger partial charge in [-0.05, 0) is 35.0 Å². The number of hydrogen-bond donors (Lipinski definition) is 1. The number of para-hydroxylation sites is 2. The number of thiophene rings is 2. The molecule has 0 aliphatic carbocycles.